The number of hydrogen-bond donors (Lipinski definition) is 1. The zero-order valence-corrected chi connectivity index (χ0v) is 15.2. The molecule has 0 heterocycles. The second kappa shape index (κ2) is 7.74. The van der Waals surface area contributed by atoms with Gasteiger partial charge >= 0.3 is 5.97 Å². The van der Waals surface area contributed by atoms with Crippen molar-refractivity contribution in [3.8, 4) is 0 Å². The standard InChI is InChI=1S/C16H22BrNO4/c1-10-6-12(17)7-11(2)13(10)8-14(19)18-16(3,9-21-4)15(20)22-5/h6-7H,8-9H2,1-5H3,(H,18,19). The van der Waals surface area contributed by atoms with Gasteiger partial charge in [-0.25, -0.2) is 4.79 Å². The molecule has 0 aliphatic carbocycles. The van der Waals surface area contributed by atoms with Gasteiger partial charge in [0.25, 0.3) is 0 Å². The summed E-state index contributed by atoms with van der Waals surface area (Å²) in [6.45, 7) is 5.54. The molecule has 0 aliphatic heterocycles. The fourth-order valence-electron chi connectivity index (χ4n) is 2.39. The lowest BCUT2D eigenvalue weighted by molar-refractivity contribution is -0.152. The fourth-order valence-corrected chi connectivity index (χ4v) is 3.08. The van der Waals surface area contributed by atoms with E-state index in [-0.39, 0.29) is 18.9 Å². The quantitative estimate of drug-likeness (QED) is 0.779. The van der Waals surface area contributed by atoms with Crippen molar-refractivity contribution in [1.82, 2.24) is 5.32 Å². The van der Waals surface area contributed by atoms with E-state index in [1.807, 2.05) is 26.0 Å². The third-order valence-corrected chi connectivity index (χ3v) is 3.94. The Morgan fingerprint density at radius 2 is 1.77 bits per heavy atom. The highest BCUT2D eigenvalue weighted by molar-refractivity contribution is 9.10. The highest BCUT2D eigenvalue weighted by atomic mass is 79.9. The number of halogens is 1. The number of methoxy groups -OCH3 is 2. The average Bonchev–Trinajstić information content (AvgIpc) is 2.42. The van der Waals surface area contributed by atoms with Gasteiger partial charge in [0.15, 0.2) is 5.54 Å². The Hall–Kier alpha value is -1.40. The Balaban J connectivity index is 2.91. The predicted octanol–water partition coefficient (Wildman–Crippen LogP) is 2.30. The summed E-state index contributed by atoms with van der Waals surface area (Å²) >= 11 is 3.43. The molecule has 0 fully saturated rings. The molecule has 1 atom stereocenters. The van der Waals surface area contributed by atoms with Crippen molar-refractivity contribution < 1.29 is 19.1 Å². The van der Waals surface area contributed by atoms with Crippen molar-refractivity contribution in [2.75, 3.05) is 20.8 Å². The van der Waals surface area contributed by atoms with Gasteiger partial charge in [0.2, 0.25) is 5.91 Å². The number of carbonyl (C=O) groups excluding carboxylic acids is 2. The average molecular weight is 372 g/mol. The monoisotopic (exact) mass is 371 g/mol. The van der Waals surface area contributed by atoms with Crippen molar-refractivity contribution in [2.24, 2.45) is 0 Å². The second-order valence-electron chi connectivity index (χ2n) is 5.50. The number of amides is 1. The summed E-state index contributed by atoms with van der Waals surface area (Å²) in [4.78, 5) is 24.2. The van der Waals surface area contributed by atoms with Crippen LogP contribution in [-0.2, 0) is 25.5 Å². The van der Waals surface area contributed by atoms with Crippen LogP contribution >= 0.6 is 15.9 Å². The van der Waals surface area contributed by atoms with Crippen LogP contribution in [-0.4, -0.2) is 38.2 Å². The molecule has 0 saturated heterocycles. The van der Waals surface area contributed by atoms with Crippen molar-refractivity contribution >= 4 is 27.8 Å². The van der Waals surface area contributed by atoms with Gasteiger partial charge in [-0.2, -0.15) is 0 Å². The maximum Gasteiger partial charge on any atom is 0.333 e. The van der Waals surface area contributed by atoms with Crippen LogP contribution in [0.3, 0.4) is 0 Å². The molecule has 1 aromatic carbocycles. The van der Waals surface area contributed by atoms with Crippen molar-refractivity contribution in [1.29, 1.82) is 0 Å². The van der Waals surface area contributed by atoms with E-state index in [2.05, 4.69) is 21.2 Å². The molecule has 0 aromatic heterocycles. The summed E-state index contributed by atoms with van der Waals surface area (Å²) in [6, 6.07) is 3.93. The largest absolute Gasteiger partial charge is 0.467 e. The molecule has 0 bridgehead atoms. The summed E-state index contributed by atoms with van der Waals surface area (Å²) in [5.74, 6) is -0.787. The lowest BCUT2D eigenvalue weighted by atomic mass is 9.98. The first-order chi connectivity index (χ1) is 10.2. The van der Waals surface area contributed by atoms with Gasteiger partial charge in [-0.3, -0.25) is 4.79 Å². The van der Waals surface area contributed by atoms with Gasteiger partial charge < -0.3 is 14.8 Å². The summed E-state index contributed by atoms with van der Waals surface area (Å²) in [5.41, 5.74) is 1.80. The van der Waals surface area contributed by atoms with E-state index in [4.69, 9.17) is 9.47 Å². The smallest absolute Gasteiger partial charge is 0.333 e. The number of carbonyl (C=O) groups is 2. The van der Waals surface area contributed by atoms with E-state index in [1.165, 1.54) is 14.2 Å². The third-order valence-electron chi connectivity index (χ3n) is 3.48. The highest BCUT2D eigenvalue weighted by Gasteiger charge is 2.36. The van der Waals surface area contributed by atoms with Crippen molar-refractivity contribution in [2.45, 2.75) is 32.7 Å². The Labute approximate surface area is 139 Å². The minimum atomic E-state index is -1.20. The zero-order valence-electron chi connectivity index (χ0n) is 13.6. The molecule has 0 aliphatic rings. The molecule has 1 amide bonds. The van der Waals surface area contributed by atoms with Gasteiger partial charge in [-0.1, -0.05) is 15.9 Å². The summed E-state index contributed by atoms with van der Waals surface area (Å²) in [6.07, 6.45) is 0.196. The predicted molar refractivity (Wildman–Crippen MR) is 87.8 cm³/mol. The molecular weight excluding hydrogens is 350 g/mol. The Kier molecular flexibility index (Phi) is 6.56. The molecule has 1 aromatic rings. The molecular formula is C16H22BrNO4. The second-order valence-corrected chi connectivity index (χ2v) is 6.42. The first-order valence-electron chi connectivity index (χ1n) is 6.87. The molecule has 0 saturated carbocycles. The SMILES string of the molecule is COCC(C)(NC(=O)Cc1c(C)cc(Br)cc1C)C(=O)OC. The number of hydrogen-bond acceptors (Lipinski definition) is 4. The Bertz CT molecular complexity index is 550. The van der Waals surface area contributed by atoms with E-state index in [0.29, 0.717) is 0 Å². The zero-order chi connectivity index (χ0) is 16.9. The van der Waals surface area contributed by atoms with E-state index >= 15 is 0 Å². The minimum absolute atomic E-state index is 0.0454. The highest BCUT2D eigenvalue weighted by Crippen LogP contribution is 2.21. The molecule has 1 rings (SSSR count). The number of benzene rings is 1. The topological polar surface area (TPSA) is 64.6 Å². The van der Waals surface area contributed by atoms with Gasteiger partial charge in [0, 0.05) is 11.6 Å². The van der Waals surface area contributed by atoms with Gasteiger partial charge in [-0.05, 0) is 49.6 Å². The molecule has 0 radical (unpaired) electrons. The molecule has 6 heteroatoms. The molecule has 5 nitrogen and oxygen atoms in total. The summed E-state index contributed by atoms with van der Waals surface area (Å²) in [5, 5.41) is 2.71. The molecule has 1 N–H and O–H groups in total. The van der Waals surface area contributed by atoms with Crippen LogP contribution in [0.1, 0.15) is 23.6 Å². The van der Waals surface area contributed by atoms with Crippen LogP contribution < -0.4 is 5.32 Å². The number of nitrogens with one attached hydrogen (secondary N) is 1. The third kappa shape index (κ3) is 4.55. The molecule has 22 heavy (non-hydrogen) atoms. The van der Waals surface area contributed by atoms with Crippen LogP contribution in [0.2, 0.25) is 0 Å². The Morgan fingerprint density at radius 1 is 1.23 bits per heavy atom. The number of esters is 1. The number of aryl methyl sites for hydroxylation is 2. The summed E-state index contributed by atoms with van der Waals surface area (Å²) < 4.78 is 10.7. The molecule has 1 unspecified atom stereocenters. The molecule has 122 valence electrons. The normalized spacial score (nSPS) is 13.4. The fraction of sp³-hybridized carbons (Fsp3) is 0.500. The maximum absolute atomic E-state index is 12.3. The first kappa shape index (κ1) is 18.6. The maximum atomic E-state index is 12.3. The van der Waals surface area contributed by atoms with Gasteiger partial charge in [0.05, 0.1) is 20.1 Å². The van der Waals surface area contributed by atoms with Crippen molar-refractivity contribution in [3.05, 3.63) is 33.3 Å². The lowest BCUT2D eigenvalue weighted by Crippen LogP contribution is -2.56. The number of rotatable bonds is 6. The summed E-state index contributed by atoms with van der Waals surface area (Å²) in [7, 11) is 2.75. The van der Waals surface area contributed by atoms with E-state index in [0.717, 1.165) is 21.2 Å². The minimum Gasteiger partial charge on any atom is -0.467 e. The van der Waals surface area contributed by atoms with Crippen LogP contribution in [0.4, 0.5) is 0 Å². The van der Waals surface area contributed by atoms with E-state index in [1.54, 1.807) is 6.92 Å². The van der Waals surface area contributed by atoms with Gasteiger partial charge in [0.1, 0.15) is 0 Å². The van der Waals surface area contributed by atoms with Crippen LogP contribution in [0.25, 0.3) is 0 Å². The van der Waals surface area contributed by atoms with E-state index in [9.17, 15) is 9.59 Å². The van der Waals surface area contributed by atoms with Gasteiger partial charge in [-0.15, -0.1) is 0 Å². The van der Waals surface area contributed by atoms with Crippen LogP contribution in [0.5, 0.6) is 0 Å². The van der Waals surface area contributed by atoms with Crippen LogP contribution in [0, 0.1) is 13.8 Å². The van der Waals surface area contributed by atoms with Crippen molar-refractivity contribution in [3.63, 3.8) is 0 Å². The number of ether oxygens (including phenoxy) is 2. The van der Waals surface area contributed by atoms with Crippen LogP contribution in [0.15, 0.2) is 16.6 Å². The first-order valence-corrected chi connectivity index (χ1v) is 7.66. The Morgan fingerprint density at radius 3 is 2.23 bits per heavy atom. The molecule has 0 spiro atoms. The lowest BCUT2D eigenvalue weighted by Gasteiger charge is -2.27. The van der Waals surface area contributed by atoms with E-state index < -0.39 is 11.5 Å².